The lowest BCUT2D eigenvalue weighted by atomic mass is 9.78. The van der Waals surface area contributed by atoms with Gasteiger partial charge in [-0.2, -0.15) is 0 Å². The van der Waals surface area contributed by atoms with Gasteiger partial charge in [0, 0.05) is 24.1 Å². The molecule has 32 heavy (non-hydrogen) atoms. The Balaban J connectivity index is 2.00. The molecule has 0 spiro atoms. The normalized spacial score (nSPS) is 16.8. The van der Waals surface area contributed by atoms with Crippen LogP contribution in [0.2, 0.25) is 0 Å². The first-order chi connectivity index (χ1) is 15.2. The molecule has 2 N–H and O–H groups in total. The molecule has 1 amide bonds. The minimum atomic E-state index is -1.76. The Morgan fingerprint density at radius 2 is 1.94 bits per heavy atom. The van der Waals surface area contributed by atoms with Crippen molar-refractivity contribution in [1.29, 1.82) is 0 Å². The lowest BCUT2D eigenvalue weighted by Crippen LogP contribution is -2.37. The second-order valence-corrected chi connectivity index (χ2v) is 8.57. The summed E-state index contributed by atoms with van der Waals surface area (Å²) in [5.41, 5.74) is 1.89. The molecule has 1 heterocycles. The highest BCUT2D eigenvalue weighted by Crippen LogP contribution is 2.38. The summed E-state index contributed by atoms with van der Waals surface area (Å²) in [5.74, 6) is 0.876. The third-order valence-corrected chi connectivity index (χ3v) is 5.79. The van der Waals surface area contributed by atoms with Crippen LogP contribution in [0.1, 0.15) is 53.0 Å². The van der Waals surface area contributed by atoms with E-state index >= 15 is 0 Å². The number of hydrogen-bond acceptors (Lipinski definition) is 5. The number of amides is 1. The summed E-state index contributed by atoms with van der Waals surface area (Å²) in [6.45, 7) is 11.0. The molecule has 1 aliphatic heterocycles. The van der Waals surface area contributed by atoms with E-state index < -0.39 is 18.8 Å². The maximum atomic E-state index is 12.5. The molecule has 0 aliphatic carbocycles. The van der Waals surface area contributed by atoms with Gasteiger partial charge < -0.3 is 24.4 Å². The Bertz CT molecular complexity index is 1050. The molecule has 0 saturated heterocycles. The van der Waals surface area contributed by atoms with Gasteiger partial charge in [-0.1, -0.05) is 29.9 Å². The van der Waals surface area contributed by atoms with E-state index in [4.69, 9.17) is 9.47 Å². The van der Waals surface area contributed by atoms with Crippen molar-refractivity contribution in [3.05, 3.63) is 47.6 Å². The van der Waals surface area contributed by atoms with Crippen molar-refractivity contribution >= 4 is 35.5 Å². The van der Waals surface area contributed by atoms with E-state index in [0.717, 1.165) is 34.9 Å². The summed E-state index contributed by atoms with van der Waals surface area (Å²) in [7, 11) is -1.76. The highest BCUT2D eigenvalue weighted by Gasteiger charge is 2.29. The number of fused-ring (bicyclic) bond motifs is 3. The molecular formula is C25H32BNO5. The summed E-state index contributed by atoms with van der Waals surface area (Å²) in [4.78, 5) is 14.0. The van der Waals surface area contributed by atoms with Gasteiger partial charge in [0.05, 0.1) is 0 Å². The number of allylic oxidation sites excluding steroid dienone is 2. The second kappa shape index (κ2) is 9.80. The monoisotopic (exact) mass is 437 g/mol. The molecule has 7 heteroatoms. The predicted molar refractivity (Wildman–Crippen MR) is 129 cm³/mol. The van der Waals surface area contributed by atoms with Gasteiger partial charge in [-0.3, -0.25) is 0 Å². The highest BCUT2D eigenvalue weighted by atomic mass is 16.6. The first-order valence-corrected chi connectivity index (χ1v) is 11.1. The lowest BCUT2D eigenvalue weighted by molar-refractivity contribution is 0.129. The van der Waals surface area contributed by atoms with Gasteiger partial charge in [0.2, 0.25) is 0 Å². The van der Waals surface area contributed by atoms with Crippen molar-refractivity contribution < 1.29 is 24.3 Å². The van der Waals surface area contributed by atoms with E-state index in [1.165, 1.54) is 10.5 Å². The molecule has 0 aromatic heterocycles. The van der Waals surface area contributed by atoms with Crippen molar-refractivity contribution in [2.75, 3.05) is 13.1 Å². The van der Waals surface area contributed by atoms with Crippen LogP contribution in [-0.2, 0) is 0 Å². The Morgan fingerprint density at radius 1 is 1.22 bits per heavy atom. The molecule has 0 unspecified atom stereocenters. The Hall–Kier alpha value is -2.77. The zero-order valence-corrected chi connectivity index (χ0v) is 19.5. The summed E-state index contributed by atoms with van der Waals surface area (Å²) in [6, 6.07) is 7.10. The van der Waals surface area contributed by atoms with E-state index in [1.54, 1.807) is 12.1 Å². The number of rotatable bonds is 7. The first-order valence-electron chi connectivity index (χ1n) is 11.1. The fraction of sp³-hybridized carbons (Fsp3) is 0.400. The van der Waals surface area contributed by atoms with Crippen molar-refractivity contribution in [3.63, 3.8) is 0 Å². The smallest absolute Gasteiger partial charge is 0.483 e. The highest BCUT2D eigenvalue weighted by molar-refractivity contribution is 6.60. The molecule has 6 nitrogen and oxygen atoms in total. The zero-order chi connectivity index (χ0) is 23.5. The molecule has 1 atom stereocenters. The first kappa shape index (κ1) is 23.9. The lowest BCUT2D eigenvalue weighted by Gasteiger charge is -2.32. The predicted octanol–water partition coefficient (Wildman–Crippen LogP) is 4.27. The fourth-order valence-electron chi connectivity index (χ4n) is 3.89. The van der Waals surface area contributed by atoms with Crippen LogP contribution in [-0.4, -0.2) is 46.9 Å². The molecule has 2 aromatic rings. The van der Waals surface area contributed by atoms with Gasteiger partial charge in [-0.25, -0.2) is 4.79 Å². The average Bonchev–Trinajstić information content (AvgIpc) is 2.73. The van der Waals surface area contributed by atoms with Gasteiger partial charge in [0.15, 0.2) is 0 Å². The third kappa shape index (κ3) is 5.17. The molecule has 2 aromatic carbocycles. The largest absolute Gasteiger partial charge is 0.492 e. The Labute approximate surface area is 190 Å². The van der Waals surface area contributed by atoms with Crippen LogP contribution in [0.5, 0.6) is 11.5 Å². The topological polar surface area (TPSA) is 79.2 Å². The maximum absolute atomic E-state index is 12.5. The summed E-state index contributed by atoms with van der Waals surface area (Å²) >= 11 is 0. The van der Waals surface area contributed by atoms with Crippen LogP contribution in [0.3, 0.4) is 0 Å². The number of ether oxygens (including phenoxy) is 2. The molecule has 1 aliphatic rings. The SMILES string of the molecule is CCN(CC)C(=O)Oc1cc2c3c(ccc2cc1B(O)O)O[C@](C)(CCC=C(C)C)C=C3. The van der Waals surface area contributed by atoms with Gasteiger partial charge in [0.1, 0.15) is 17.1 Å². The van der Waals surface area contributed by atoms with Crippen molar-refractivity contribution in [2.24, 2.45) is 0 Å². The summed E-state index contributed by atoms with van der Waals surface area (Å²) in [6.07, 6.45) is 7.55. The standard InChI is InChI=1S/C25H32BNO5/c1-6-27(7-2)24(28)31-23-16-20-18(15-21(23)26(29)30)10-11-22-19(20)12-14-25(5,32-22)13-8-9-17(3)4/h9-12,14-16,29-30H,6-8,13H2,1-5H3/t25-/m1/s1. The number of carbonyl (C=O) groups excluding carboxylic acids is 1. The van der Waals surface area contributed by atoms with Gasteiger partial charge in [-0.05, 0) is 76.4 Å². The van der Waals surface area contributed by atoms with E-state index in [-0.39, 0.29) is 11.2 Å². The van der Waals surface area contributed by atoms with Crippen LogP contribution < -0.4 is 14.9 Å². The molecule has 0 fully saturated rings. The van der Waals surface area contributed by atoms with Crippen LogP contribution in [0, 0.1) is 0 Å². The minimum Gasteiger partial charge on any atom is -0.483 e. The summed E-state index contributed by atoms with van der Waals surface area (Å²) in [5, 5.41) is 21.3. The average molecular weight is 437 g/mol. The minimum absolute atomic E-state index is 0.128. The van der Waals surface area contributed by atoms with Crippen LogP contribution in [0.4, 0.5) is 4.79 Å². The molecular weight excluding hydrogens is 405 g/mol. The molecule has 0 bridgehead atoms. The zero-order valence-electron chi connectivity index (χ0n) is 19.5. The molecule has 0 saturated carbocycles. The van der Waals surface area contributed by atoms with Crippen LogP contribution in [0.25, 0.3) is 16.8 Å². The van der Waals surface area contributed by atoms with E-state index in [0.29, 0.717) is 13.1 Å². The third-order valence-electron chi connectivity index (χ3n) is 5.79. The van der Waals surface area contributed by atoms with Gasteiger partial charge in [-0.15, -0.1) is 0 Å². The Morgan fingerprint density at radius 3 is 2.56 bits per heavy atom. The van der Waals surface area contributed by atoms with E-state index in [1.807, 2.05) is 32.1 Å². The number of hydrogen-bond donors (Lipinski definition) is 2. The quantitative estimate of drug-likeness (QED) is 0.500. The number of nitrogens with zero attached hydrogens (tertiary/aromatic N) is 1. The van der Waals surface area contributed by atoms with Crippen LogP contribution >= 0.6 is 0 Å². The fourth-order valence-corrected chi connectivity index (χ4v) is 3.89. The number of carbonyl (C=O) groups is 1. The summed E-state index contributed by atoms with van der Waals surface area (Å²) < 4.78 is 11.9. The van der Waals surface area contributed by atoms with Crippen LogP contribution in [0.15, 0.2) is 42.0 Å². The molecule has 170 valence electrons. The van der Waals surface area contributed by atoms with Gasteiger partial charge >= 0.3 is 13.2 Å². The second-order valence-electron chi connectivity index (χ2n) is 8.57. The number of benzene rings is 2. The Kier molecular flexibility index (Phi) is 7.31. The maximum Gasteiger partial charge on any atom is 0.492 e. The van der Waals surface area contributed by atoms with Crippen molar-refractivity contribution in [3.8, 4) is 11.5 Å². The molecule has 3 rings (SSSR count). The van der Waals surface area contributed by atoms with E-state index in [9.17, 15) is 14.8 Å². The van der Waals surface area contributed by atoms with E-state index in [2.05, 4.69) is 32.9 Å². The van der Waals surface area contributed by atoms with Crippen molar-refractivity contribution in [1.82, 2.24) is 4.90 Å². The van der Waals surface area contributed by atoms with Crippen molar-refractivity contribution in [2.45, 2.75) is 53.1 Å². The molecule has 0 radical (unpaired) electrons. The van der Waals surface area contributed by atoms with Gasteiger partial charge in [0.25, 0.3) is 0 Å².